The minimum Gasteiger partial charge on any atom is -0.467 e. The van der Waals surface area contributed by atoms with Crippen LogP contribution < -0.4 is 0 Å². The molecule has 2 aromatic carbocycles. The van der Waals surface area contributed by atoms with Crippen molar-refractivity contribution in [1.82, 2.24) is 19.9 Å². The van der Waals surface area contributed by atoms with E-state index in [9.17, 15) is 9.59 Å². The van der Waals surface area contributed by atoms with Crippen molar-refractivity contribution < 1.29 is 18.7 Å². The molecule has 8 nitrogen and oxygen atoms in total. The molecule has 2 aromatic heterocycles. The van der Waals surface area contributed by atoms with Gasteiger partial charge in [0.15, 0.2) is 11.3 Å². The van der Waals surface area contributed by atoms with E-state index in [1.807, 2.05) is 26.0 Å². The Kier molecular flexibility index (Phi) is 6.81. The maximum absolute atomic E-state index is 13.5. The number of methoxy groups -OCH3 is 1. The lowest BCUT2D eigenvalue weighted by molar-refractivity contribution is -0.154. The van der Waals surface area contributed by atoms with E-state index in [2.05, 4.69) is 26.2 Å². The predicted octanol–water partition coefficient (Wildman–Crippen LogP) is 6.18. The highest BCUT2D eigenvalue weighted by Crippen LogP contribution is 2.37. The van der Waals surface area contributed by atoms with Gasteiger partial charge in [-0.15, -0.1) is 5.10 Å². The summed E-state index contributed by atoms with van der Waals surface area (Å²) in [5.74, 6) is -0.371. The van der Waals surface area contributed by atoms with Gasteiger partial charge in [0.05, 0.1) is 23.4 Å². The maximum Gasteiger partial charge on any atom is 0.334 e. The lowest BCUT2D eigenvalue weighted by Crippen LogP contribution is -2.53. The molecule has 11 heteroatoms. The van der Waals surface area contributed by atoms with Gasteiger partial charge in [-0.25, -0.2) is 9.48 Å². The lowest BCUT2D eigenvalue weighted by Gasteiger charge is -2.39. The first kappa shape index (κ1) is 25.8. The fraction of sp³-hybridized carbons (Fsp3) is 0.308. The number of likely N-dealkylation sites (tertiary alicyclic amines) is 1. The first-order valence-corrected chi connectivity index (χ1v) is 13.2. The monoisotopic (exact) mass is 604 g/mol. The van der Waals surface area contributed by atoms with E-state index in [0.717, 1.165) is 21.0 Å². The molecule has 4 aromatic rings. The predicted molar refractivity (Wildman–Crippen MR) is 144 cm³/mol. The molecule has 0 radical (unpaired) electrons. The Morgan fingerprint density at radius 1 is 1.14 bits per heavy atom. The van der Waals surface area contributed by atoms with Crippen LogP contribution in [0.5, 0.6) is 0 Å². The van der Waals surface area contributed by atoms with Gasteiger partial charge in [0.25, 0.3) is 5.91 Å². The molecule has 0 atom stereocenters. The van der Waals surface area contributed by atoms with Crippen LogP contribution in [0.15, 0.2) is 45.4 Å². The third-order valence-electron chi connectivity index (χ3n) is 6.98. The number of nitrogens with zero attached hydrogens (tertiary/aromatic N) is 4. The molecule has 1 amide bonds. The van der Waals surface area contributed by atoms with Crippen molar-refractivity contribution in [2.45, 2.75) is 32.2 Å². The Balaban J connectivity index is 1.43. The van der Waals surface area contributed by atoms with Crippen LogP contribution in [0.4, 0.5) is 0 Å². The van der Waals surface area contributed by atoms with Crippen LogP contribution in [-0.2, 0) is 15.1 Å². The topological polar surface area (TPSA) is 90.5 Å². The normalized spacial score (nSPS) is 15.2. The van der Waals surface area contributed by atoms with Crippen LogP contribution in [0.3, 0.4) is 0 Å². The molecule has 5 rings (SSSR count). The molecule has 1 fully saturated rings. The highest BCUT2D eigenvalue weighted by atomic mass is 79.9. The molecule has 37 heavy (non-hydrogen) atoms. The number of furan rings is 1. The molecule has 3 heterocycles. The third kappa shape index (κ3) is 4.32. The fourth-order valence-corrected chi connectivity index (χ4v) is 6.08. The summed E-state index contributed by atoms with van der Waals surface area (Å²) in [6.07, 6.45) is 2.22. The number of rotatable bonds is 4. The molecule has 0 spiro atoms. The quantitative estimate of drug-likeness (QED) is 0.258. The van der Waals surface area contributed by atoms with Gasteiger partial charge in [0.2, 0.25) is 0 Å². The SMILES string of the molecule is COC(=O)C1(n2cc(-c3c(Cl)cccc3Cl)nn2)CCN(C(=O)c2oc3c(C)cc(Br)cc3c2C)CC1. The smallest absolute Gasteiger partial charge is 0.334 e. The van der Waals surface area contributed by atoms with E-state index >= 15 is 0 Å². The Bertz CT molecular complexity index is 1520. The molecule has 1 aliphatic heterocycles. The lowest BCUT2D eigenvalue weighted by atomic mass is 9.87. The van der Waals surface area contributed by atoms with Gasteiger partial charge in [-0.2, -0.15) is 0 Å². The van der Waals surface area contributed by atoms with Gasteiger partial charge in [-0.05, 0) is 43.7 Å². The molecule has 0 saturated carbocycles. The Morgan fingerprint density at radius 2 is 1.81 bits per heavy atom. The van der Waals surface area contributed by atoms with Gasteiger partial charge < -0.3 is 14.1 Å². The Morgan fingerprint density at radius 3 is 2.46 bits per heavy atom. The number of ether oxygens (including phenoxy) is 1. The number of aromatic nitrogens is 3. The van der Waals surface area contributed by atoms with Crippen molar-refractivity contribution in [1.29, 1.82) is 0 Å². The van der Waals surface area contributed by atoms with Crippen molar-refractivity contribution in [2.75, 3.05) is 20.2 Å². The van der Waals surface area contributed by atoms with Crippen LogP contribution in [0.25, 0.3) is 22.2 Å². The second-order valence-corrected chi connectivity index (χ2v) is 10.8. The molecule has 0 aliphatic carbocycles. The Labute approximate surface area is 231 Å². The minimum atomic E-state index is -1.13. The van der Waals surface area contributed by atoms with E-state index in [1.165, 1.54) is 11.8 Å². The van der Waals surface area contributed by atoms with E-state index in [-0.39, 0.29) is 18.7 Å². The second-order valence-electron chi connectivity index (χ2n) is 9.12. The number of amides is 1. The first-order valence-electron chi connectivity index (χ1n) is 11.6. The highest BCUT2D eigenvalue weighted by Gasteiger charge is 2.47. The van der Waals surface area contributed by atoms with Gasteiger partial charge in [0, 0.05) is 46.9 Å². The number of carbonyl (C=O) groups is 2. The maximum atomic E-state index is 13.5. The van der Waals surface area contributed by atoms with Crippen molar-refractivity contribution in [3.63, 3.8) is 0 Å². The zero-order valence-corrected chi connectivity index (χ0v) is 23.4. The summed E-state index contributed by atoms with van der Waals surface area (Å²) in [5.41, 5.74) is 2.26. The molecule has 1 saturated heterocycles. The number of benzene rings is 2. The molecule has 0 N–H and O–H groups in total. The van der Waals surface area contributed by atoms with E-state index in [4.69, 9.17) is 32.4 Å². The van der Waals surface area contributed by atoms with Gasteiger partial charge >= 0.3 is 5.97 Å². The van der Waals surface area contributed by atoms with Crippen LogP contribution in [0.1, 0.15) is 34.5 Å². The summed E-state index contributed by atoms with van der Waals surface area (Å²) in [6, 6.07) is 9.06. The van der Waals surface area contributed by atoms with E-state index < -0.39 is 11.5 Å². The summed E-state index contributed by atoms with van der Waals surface area (Å²) < 4.78 is 13.6. The summed E-state index contributed by atoms with van der Waals surface area (Å²) in [6.45, 7) is 4.42. The molecule has 0 unspecified atom stereocenters. The summed E-state index contributed by atoms with van der Waals surface area (Å²) in [4.78, 5) is 28.2. The number of carbonyl (C=O) groups excluding carboxylic acids is 2. The average molecular weight is 606 g/mol. The summed E-state index contributed by atoms with van der Waals surface area (Å²) in [7, 11) is 1.34. The van der Waals surface area contributed by atoms with Crippen LogP contribution in [0, 0.1) is 13.8 Å². The van der Waals surface area contributed by atoms with Gasteiger partial charge in [-0.1, -0.05) is 50.4 Å². The number of aryl methyl sites for hydroxylation is 2. The third-order valence-corrected chi connectivity index (χ3v) is 8.06. The zero-order chi connectivity index (χ0) is 26.5. The molecule has 1 aliphatic rings. The van der Waals surface area contributed by atoms with Crippen molar-refractivity contribution in [3.05, 3.63) is 67.9 Å². The number of hydrogen-bond donors (Lipinski definition) is 0. The van der Waals surface area contributed by atoms with Crippen molar-refractivity contribution in [2.24, 2.45) is 0 Å². The number of halogens is 3. The Hall–Kier alpha value is -2.88. The van der Waals surface area contributed by atoms with E-state index in [1.54, 1.807) is 29.3 Å². The zero-order valence-electron chi connectivity index (χ0n) is 20.3. The summed E-state index contributed by atoms with van der Waals surface area (Å²) >= 11 is 16.2. The van der Waals surface area contributed by atoms with Crippen LogP contribution in [-0.4, -0.2) is 52.0 Å². The molecular weight excluding hydrogens is 583 g/mol. The number of hydrogen-bond acceptors (Lipinski definition) is 6. The highest BCUT2D eigenvalue weighted by molar-refractivity contribution is 9.10. The van der Waals surface area contributed by atoms with Crippen LogP contribution in [0.2, 0.25) is 10.0 Å². The second kappa shape index (κ2) is 9.78. The fourth-order valence-electron chi connectivity index (χ4n) is 4.92. The van der Waals surface area contributed by atoms with Gasteiger partial charge in [-0.3, -0.25) is 4.79 Å². The molecule has 192 valence electrons. The number of esters is 1. The van der Waals surface area contributed by atoms with Crippen LogP contribution >= 0.6 is 39.1 Å². The van der Waals surface area contributed by atoms with Crippen molar-refractivity contribution >= 4 is 62.0 Å². The van der Waals surface area contributed by atoms with Crippen molar-refractivity contribution in [3.8, 4) is 11.3 Å². The van der Waals surface area contributed by atoms with Gasteiger partial charge in [0.1, 0.15) is 11.3 Å². The largest absolute Gasteiger partial charge is 0.467 e. The summed E-state index contributed by atoms with van der Waals surface area (Å²) in [5, 5.41) is 10.2. The average Bonchev–Trinajstić information content (AvgIpc) is 3.49. The standard InChI is InChI=1S/C26H23BrCl2N4O4/c1-14-11-16(27)12-17-15(2)23(37-22(14)17)24(34)32-9-7-26(8-10-32,25(35)36-3)33-13-20(30-31-33)21-18(28)5-4-6-19(21)29/h4-6,11-13H,7-10H2,1-3H3. The minimum absolute atomic E-state index is 0.218. The van der Waals surface area contributed by atoms with E-state index in [0.29, 0.717) is 45.7 Å². The number of fused-ring (bicyclic) bond motifs is 1. The number of piperidine rings is 1. The molecular formula is C26H23BrCl2N4O4. The first-order chi connectivity index (χ1) is 17.7. The molecule has 0 bridgehead atoms.